The van der Waals surface area contributed by atoms with Crippen LogP contribution in [-0.2, 0) is 17.0 Å². The van der Waals surface area contributed by atoms with E-state index in [1.54, 1.807) is 30.0 Å². The van der Waals surface area contributed by atoms with E-state index in [1.807, 2.05) is 23.1 Å². The van der Waals surface area contributed by atoms with Gasteiger partial charge in [-0.05, 0) is 36.5 Å². The second-order valence-electron chi connectivity index (χ2n) is 7.52. The van der Waals surface area contributed by atoms with Crippen molar-refractivity contribution in [1.29, 1.82) is 0 Å². The van der Waals surface area contributed by atoms with E-state index in [9.17, 15) is 9.18 Å². The Hall–Kier alpha value is -2.67. The molecule has 0 N–H and O–H groups in total. The van der Waals surface area contributed by atoms with Gasteiger partial charge in [-0.2, -0.15) is 4.98 Å². The lowest BCUT2D eigenvalue weighted by Crippen LogP contribution is -2.41. The Labute approximate surface area is 179 Å². The maximum absolute atomic E-state index is 13.9. The molecule has 1 aromatic heterocycles. The number of benzene rings is 2. The number of rotatable bonds is 7. The summed E-state index contributed by atoms with van der Waals surface area (Å²) in [7, 11) is 0. The Morgan fingerprint density at radius 1 is 1.17 bits per heavy atom. The first kappa shape index (κ1) is 20.6. The van der Waals surface area contributed by atoms with E-state index in [2.05, 4.69) is 22.3 Å². The molecular weight excluding hydrogens is 401 g/mol. The average molecular weight is 426 g/mol. The van der Waals surface area contributed by atoms with Crippen molar-refractivity contribution in [2.45, 2.75) is 25.0 Å². The topological polar surface area (TPSA) is 59.2 Å². The van der Waals surface area contributed by atoms with Crippen molar-refractivity contribution < 1.29 is 13.7 Å². The fourth-order valence-corrected chi connectivity index (χ4v) is 4.60. The zero-order valence-corrected chi connectivity index (χ0v) is 17.5. The molecule has 156 valence electrons. The van der Waals surface area contributed by atoms with Crippen LogP contribution in [0.2, 0.25) is 0 Å². The number of thioether (sulfide) groups is 1. The summed E-state index contributed by atoms with van der Waals surface area (Å²) in [6.07, 6.45) is 2.58. The van der Waals surface area contributed by atoms with Crippen LogP contribution < -0.4 is 0 Å². The highest BCUT2D eigenvalue weighted by Crippen LogP contribution is 2.24. The molecule has 4 rings (SSSR count). The minimum Gasteiger partial charge on any atom is -0.342 e. The van der Waals surface area contributed by atoms with Crippen molar-refractivity contribution in [1.82, 2.24) is 15.0 Å². The third-order valence-electron chi connectivity index (χ3n) is 5.25. The number of nitrogens with zero attached hydrogens (tertiary/aromatic N) is 3. The van der Waals surface area contributed by atoms with Crippen molar-refractivity contribution in [2.24, 2.45) is 5.92 Å². The van der Waals surface area contributed by atoms with Crippen LogP contribution in [0.3, 0.4) is 0 Å². The third-order valence-corrected chi connectivity index (χ3v) is 6.24. The van der Waals surface area contributed by atoms with Gasteiger partial charge in [-0.15, -0.1) is 11.8 Å². The van der Waals surface area contributed by atoms with Crippen LogP contribution >= 0.6 is 11.8 Å². The van der Waals surface area contributed by atoms with Gasteiger partial charge in [0.15, 0.2) is 0 Å². The molecule has 30 heavy (non-hydrogen) atoms. The minimum absolute atomic E-state index is 0.179. The monoisotopic (exact) mass is 425 g/mol. The lowest BCUT2D eigenvalue weighted by molar-refractivity contribution is -0.130. The molecule has 0 bridgehead atoms. The number of hydrogen-bond acceptors (Lipinski definition) is 5. The minimum atomic E-state index is -0.368. The van der Waals surface area contributed by atoms with Gasteiger partial charge in [-0.1, -0.05) is 47.6 Å². The largest absolute Gasteiger partial charge is 0.342 e. The van der Waals surface area contributed by atoms with Crippen LogP contribution in [-0.4, -0.2) is 39.8 Å². The molecule has 1 amide bonds. The number of halogens is 1. The van der Waals surface area contributed by atoms with Gasteiger partial charge in [-0.25, -0.2) is 4.39 Å². The predicted octanol–water partition coefficient (Wildman–Crippen LogP) is 4.59. The Kier molecular flexibility index (Phi) is 6.79. The molecule has 3 aromatic rings. The summed E-state index contributed by atoms with van der Waals surface area (Å²) in [4.78, 5) is 18.9. The van der Waals surface area contributed by atoms with E-state index >= 15 is 0 Å². The number of hydrogen-bond donors (Lipinski definition) is 0. The first-order valence-electron chi connectivity index (χ1n) is 10.2. The van der Waals surface area contributed by atoms with Crippen molar-refractivity contribution in [3.05, 3.63) is 71.9 Å². The molecular formula is C23H24FN3O2S. The molecule has 1 fully saturated rings. The van der Waals surface area contributed by atoms with Crippen LogP contribution in [0.5, 0.6) is 0 Å². The van der Waals surface area contributed by atoms with Crippen molar-refractivity contribution in [3.8, 4) is 11.4 Å². The highest BCUT2D eigenvalue weighted by atomic mass is 32.2. The summed E-state index contributed by atoms with van der Waals surface area (Å²) < 4.78 is 19.3. The van der Waals surface area contributed by atoms with Crippen molar-refractivity contribution in [3.63, 3.8) is 0 Å². The summed E-state index contributed by atoms with van der Waals surface area (Å²) >= 11 is 1.65. The third kappa shape index (κ3) is 5.27. The van der Waals surface area contributed by atoms with Gasteiger partial charge in [0.25, 0.3) is 0 Å². The number of piperidine rings is 1. The van der Waals surface area contributed by atoms with Crippen LogP contribution in [0, 0.1) is 11.7 Å². The van der Waals surface area contributed by atoms with E-state index in [0.717, 1.165) is 25.1 Å². The van der Waals surface area contributed by atoms with Gasteiger partial charge in [0.2, 0.25) is 17.6 Å². The quantitative estimate of drug-likeness (QED) is 0.554. The fourth-order valence-electron chi connectivity index (χ4n) is 3.72. The Morgan fingerprint density at radius 2 is 1.97 bits per heavy atom. The highest BCUT2D eigenvalue weighted by molar-refractivity contribution is 7.99. The lowest BCUT2D eigenvalue weighted by atomic mass is 9.95. The average Bonchev–Trinajstić information content (AvgIpc) is 3.23. The van der Waals surface area contributed by atoms with Crippen molar-refractivity contribution in [2.75, 3.05) is 18.8 Å². The molecule has 2 heterocycles. The number of carbonyl (C=O) groups excluding carboxylic acids is 1. The fraction of sp³-hybridized carbons (Fsp3) is 0.348. The molecule has 2 aromatic carbocycles. The smallest absolute Gasteiger partial charge is 0.232 e. The second kappa shape index (κ2) is 9.89. The molecule has 0 radical (unpaired) electrons. The summed E-state index contributed by atoms with van der Waals surface area (Å²) in [5.41, 5.74) is 1.57. The first-order chi connectivity index (χ1) is 14.7. The van der Waals surface area contributed by atoms with Crippen LogP contribution in [0.25, 0.3) is 11.4 Å². The Balaban J connectivity index is 1.29. The Bertz CT molecular complexity index is 979. The van der Waals surface area contributed by atoms with E-state index < -0.39 is 0 Å². The second-order valence-corrected chi connectivity index (χ2v) is 8.51. The number of likely N-dealkylation sites (tertiary alicyclic amines) is 1. The van der Waals surface area contributed by atoms with Gasteiger partial charge in [0.1, 0.15) is 5.82 Å². The molecule has 0 saturated carbocycles. The summed E-state index contributed by atoms with van der Waals surface area (Å²) in [5, 5.41) is 3.93. The molecule has 1 aliphatic rings. The SMILES string of the molecule is O=C(CSCc1ccccc1)N1CCCC(Cc2nc(-c3ccccc3F)no2)C1. The maximum Gasteiger partial charge on any atom is 0.232 e. The lowest BCUT2D eigenvalue weighted by Gasteiger charge is -2.32. The molecule has 7 heteroatoms. The summed E-state index contributed by atoms with van der Waals surface area (Å²) in [6.45, 7) is 1.49. The highest BCUT2D eigenvalue weighted by Gasteiger charge is 2.25. The van der Waals surface area contributed by atoms with Crippen molar-refractivity contribution >= 4 is 17.7 Å². The van der Waals surface area contributed by atoms with Crippen LogP contribution in [0.4, 0.5) is 4.39 Å². The van der Waals surface area contributed by atoms with E-state index in [4.69, 9.17) is 4.52 Å². The summed E-state index contributed by atoms with van der Waals surface area (Å²) in [6, 6.07) is 16.6. The van der Waals surface area contributed by atoms with Gasteiger partial charge < -0.3 is 9.42 Å². The first-order valence-corrected chi connectivity index (χ1v) is 11.3. The van der Waals surface area contributed by atoms with E-state index in [1.165, 1.54) is 11.6 Å². The van der Waals surface area contributed by atoms with Crippen LogP contribution in [0.15, 0.2) is 59.1 Å². The molecule has 1 unspecified atom stereocenters. The Morgan fingerprint density at radius 3 is 2.80 bits per heavy atom. The molecule has 1 atom stereocenters. The van der Waals surface area contributed by atoms with Gasteiger partial charge in [0, 0.05) is 25.3 Å². The molecule has 1 aliphatic heterocycles. The zero-order valence-electron chi connectivity index (χ0n) is 16.7. The number of amides is 1. The standard InChI is InChI=1S/C23H24FN3O2S/c24-20-11-5-4-10-19(20)23-25-21(29-26-23)13-18-9-6-12-27(14-18)22(28)16-30-15-17-7-2-1-3-8-17/h1-5,7-8,10-11,18H,6,9,12-16H2. The normalized spacial score (nSPS) is 16.6. The van der Waals surface area contributed by atoms with Gasteiger partial charge in [0.05, 0.1) is 11.3 Å². The molecule has 5 nitrogen and oxygen atoms in total. The van der Waals surface area contributed by atoms with Crippen LogP contribution in [0.1, 0.15) is 24.3 Å². The summed E-state index contributed by atoms with van der Waals surface area (Å²) in [5.74, 6) is 2.17. The zero-order chi connectivity index (χ0) is 20.8. The maximum atomic E-state index is 13.9. The predicted molar refractivity (Wildman–Crippen MR) is 115 cm³/mol. The van der Waals surface area contributed by atoms with E-state index in [-0.39, 0.29) is 23.5 Å². The van der Waals surface area contributed by atoms with Gasteiger partial charge >= 0.3 is 0 Å². The molecule has 0 spiro atoms. The molecule has 1 saturated heterocycles. The number of aromatic nitrogens is 2. The molecule has 0 aliphatic carbocycles. The van der Waals surface area contributed by atoms with Gasteiger partial charge in [-0.3, -0.25) is 4.79 Å². The number of carbonyl (C=O) groups is 1. The van der Waals surface area contributed by atoms with E-state index in [0.29, 0.717) is 30.2 Å².